The molecule has 5 heteroatoms. The van der Waals surface area contributed by atoms with E-state index in [0.717, 1.165) is 45.8 Å². The van der Waals surface area contributed by atoms with Crippen LogP contribution in [0.4, 0.5) is 0 Å². The summed E-state index contributed by atoms with van der Waals surface area (Å²) in [4.78, 5) is 16.7. The largest absolute Gasteiger partial charge is 0.375 e. The SMILES string of the molecule is CC1CN(C)CCCN1C(=O)CC1CNCCO1. The van der Waals surface area contributed by atoms with Gasteiger partial charge >= 0.3 is 0 Å². The lowest BCUT2D eigenvalue weighted by Gasteiger charge is -2.30. The summed E-state index contributed by atoms with van der Waals surface area (Å²) in [6, 6.07) is 0.307. The average molecular weight is 255 g/mol. The Kier molecular flexibility index (Phi) is 4.97. The van der Waals surface area contributed by atoms with Crippen molar-refractivity contribution in [3.8, 4) is 0 Å². The smallest absolute Gasteiger partial charge is 0.225 e. The van der Waals surface area contributed by atoms with Crippen LogP contribution in [0.1, 0.15) is 19.8 Å². The van der Waals surface area contributed by atoms with Crippen LogP contribution in [0.5, 0.6) is 0 Å². The number of carbonyl (C=O) groups is 1. The van der Waals surface area contributed by atoms with Gasteiger partial charge < -0.3 is 19.9 Å². The second-order valence-electron chi connectivity index (χ2n) is 5.45. The molecule has 0 saturated carbocycles. The minimum atomic E-state index is 0.0550. The first-order valence-electron chi connectivity index (χ1n) is 6.97. The lowest BCUT2D eigenvalue weighted by molar-refractivity contribution is -0.136. The van der Waals surface area contributed by atoms with Crippen molar-refractivity contribution in [3.63, 3.8) is 0 Å². The zero-order valence-electron chi connectivity index (χ0n) is 11.5. The number of nitrogens with zero attached hydrogens (tertiary/aromatic N) is 2. The van der Waals surface area contributed by atoms with E-state index in [-0.39, 0.29) is 12.0 Å². The van der Waals surface area contributed by atoms with Crippen molar-refractivity contribution in [3.05, 3.63) is 0 Å². The van der Waals surface area contributed by atoms with E-state index in [1.165, 1.54) is 0 Å². The van der Waals surface area contributed by atoms with Crippen molar-refractivity contribution < 1.29 is 9.53 Å². The molecule has 2 rings (SSSR count). The van der Waals surface area contributed by atoms with Gasteiger partial charge in [0.1, 0.15) is 0 Å². The van der Waals surface area contributed by atoms with E-state index in [0.29, 0.717) is 12.5 Å². The van der Waals surface area contributed by atoms with E-state index in [2.05, 4.69) is 24.2 Å². The Morgan fingerprint density at radius 2 is 2.28 bits per heavy atom. The van der Waals surface area contributed by atoms with Crippen LogP contribution in [0.15, 0.2) is 0 Å². The zero-order valence-corrected chi connectivity index (χ0v) is 11.5. The molecular weight excluding hydrogens is 230 g/mol. The molecule has 0 aromatic heterocycles. The Labute approximate surface area is 109 Å². The Morgan fingerprint density at radius 3 is 3.00 bits per heavy atom. The van der Waals surface area contributed by atoms with Crippen LogP contribution in [0, 0.1) is 0 Å². The molecule has 0 aromatic rings. The first-order valence-corrected chi connectivity index (χ1v) is 6.97. The second kappa shape index (κ2) is 6.50. The van der Waals surface area contributed by atoms with Crippen molar-refractivity contribution in [2.45, 2.75) is 31.9 Å². The summed E-state index contributed by atoms with van der Waals surface area (Å²) in [5.41, 5.74) is 0. The summed E-state index contributed by atoms with van der Waals surface area (Å²) in [5, 5.41) is 3.27. The number of morpholine rings is 1. The van der Waals surface area contributed by atoms with Crippen molar-refractivity contribution in [2.24, 2.45) is 0 Å². The lowest BCUT2D eigenvalue weighted by Crippen LogP contribution is -2.46. The van der Waals surface area contributed by atoms with Gasteiger partial charge in [-0.05, 0) is 26.9 Å². The van der Waals surface area contributed by atoms with Crippen LogP contribution in [-0.2, 0) is 9.53 Å². The van der Waals surface area contributed by atoms with Crippen LogP contribution < -0.4 is 5.32 Å². The molecule has 1 N–H and O–H groups in total. The highest BCUT2D eigenvalue weighted by atomic mass is 16.5. The summed E-state index contributed by atoms with van der Waals surface area (Å²) in [7, 11) is 2.12. The lowest BCUT2D eigenvalue weighted by atomic mass is 10.1. The van der Waals surface area contributed by atoms with Gasteiger partial charge in [-0.25, -0.2) is 0 Å². The van der Waals surface area contributed by atoms with E-state index in [1.807, 2.05) is 4.90 Å². The third-order valence-electron chi connectivity index (χ3n) is 3.77. The van der Waals surface area contributed by atoms with Gasteiger partial charge in [-0.3, -0.25) is 4.79 Å². The molecule has 0 aromatic carbocycles. The highest BCUT2D eigenvalue weighted by Crippen LogP contribution is 2.12. The highest BCUT2D eigenvalue weighted by Gasteiger charge is 2.26. The maximum Gasteiger partial charge on any atom is 0.225 e. The molecule has 0 spiro atoms. The number of likely N-dealkylation sites (N-methyl/N-ethyl adjacent to an activating group) is 1. The number of ether oxygens (including phenoxy) is 1. The number of amides is 1. The molecule has 5 nitrogen and oxygen atoms in total. The maximum atomic E-state index is 12.3. The van der Waals surface area contributed by atoms with E-state index in [9.17, 15) is 4.79 Å². The molecule has 2 heterocycles. The molecule has 0 aliphatic carbocycles. The van der Waals surface area contributed by atoms with E-state index >= 15 is 0 Å². The molecule has 2 unspecified atom stereocenters. The van der Waals surface area contributed by atoms with Gasteiger partial charge in [0.2, 0.25) is 5.91 Å². The Balaban J connectivity index is 1.86. The standard InChI is InChI=1S/C13H25N3O2/c1-11-10-15(2)5-3-6-16(11)13(17)8-12-9-14-4-7-18-12/h11-12,14H,3-10H2,1-2H3. The Bertz CT molecular complexity index is 279. The van der Waals surface area contributed by atoms with E-state index < -0.39 is 0 Å². The Hall–Kier alpha value is -0.650. The number of carbonyl (C=O) groups excluding carboxylic acids is 1. The summed E-state index contributed by atoms with van der Waals surface area (Å²) in [6.45, 7) is 7.48. The highest BCUT2D eigenvalue weighted by molar-refractivity contribution is 5.77. The summed E-state index contributed by atoms with van der Waals surface area (Å²) in [6.07, 6.45) is 1.64. The molecule has 1 amide bonds. The third-order valence-corrected chi connectivity index (χ3v) is 3.77. The fourth-order valence-corrected chi connectivity index (χ4v) is 2.81. The number of hydrogen-bond acceptors (Lipinski definition) is 4. The normalized spacial score (nSPS) is 31.1. The van der Waals surface area contributed by atoms with Gasteiger partial charge in [-0.2, -0.15) is 0 Å². The minimum Gasteiger partial charge on any atom is -0.375 e. The topological polar surface area (TPSA) is 44.8 Å². The van der Waals surface area contributed by atoms with Crippen LogP contribution in [-0.4, -0.2) is 74.2 Å². The minimum absolute atomic E-state index is 0.0550. The fraction of sp³-hybridized carbons (Fsp3) is 0.923. The van der Waals surface area contributed by atoms with Gasteiger partial charge in [0.05, 0.1) is 19.1 Å². The second-order valence-corrected chi connectivity index (χ2v) is 5.45. The fourth-order valence-electron chi connectivity index (χ4n) is 2.81. The van der Waals surface area contributed by atoms with Crippen LogP contribution in [0.2, 0.25) is 0 Å². The predicted octanol–water partition coefficient (Wildman–Crippen LogP) is -0.0825. The molecule has 18 heavy (non-hydrogen) atoms. The molecule has 2 saturated heterocycles. The van der Waals surface area contributed by atoms with Crippen molar-refractivity contribution >= 4 is 5.91 Å². The zero-order chi connectivity index (χ0) is 13.0. The van der Waals surface area contributed by atoms with Gasteiger partial charge in [0.25, 0.3) is 0 Å². The summed E-state index contributed by atoms with van der Waals surface area (Å²) >= 11 is 0. The molecule has 2 fully saturated rings. The van der Waals surface area contributed by atoms with Gasteiger partial charge in [-0.1, -0.05) is 0 Å². The van der Waals surface area contributed by atoms with Gasteiger partial charge in [-0.15, -0.1) is 0 Å². The first-order chi connectivity index (χ1) is 8.66. The molecule has 2 aliphatic rings. The summed E-state index contributed by atoms with van der Waals surface area (Å²) < 4.78 is 5.61. The van der Waals surface area contributed by atoms with Crippen molar-refractivity contribution in [1.29, 1.82) is 0 Å². The maximum absolute atomic E-state index is 12.3. The molecule has 2 atom stereocenters. The van der Waals surface area contributed by atoms with Gasteiger partial charge in [0, 0.05) is 32.2 Å². The number of hydrogen-bond donors (Lipinski definition) is 1. The molecule has 104 valence electrons. The predicted molar refractivity (Wildman–Crippen MR) is 70.5 cm³/mol. The van der Waals surface area contributed by atoms with Crippen LogP contribution in [0.3, 0.4) is 0 Å². The van der Waals surface area contributed by atoms with Crippen molar-refractivity contribution in [2.75, 3.05) is 46.4 Å². The monoisotopic (exact) mass is 255 g/mol. The molecular formula is C13H25N3O2. The quantitative estimate of drug-likeness (QED) is 0.749. The van der Waals surface area contributed by atoms with Crippen molar-refractivity contribution in [1.82, 2.24) is 15.1 Å². The molecule has 0 radical (unpaired) electrons. The van der Waals surface area contributed by atoms with E-state index in [1.54, 1.807) is 0 Å². The Morgan fingerprint density at radius 1 is 1.44 bits per heavy atom. The molecule has 2 aliphatic heterocycles. The molecule has 0 bridgehead atoms. The van der Waals surface area contributed by atoms with E-state index in [4.69, 9.17) is 4.74 Å². The van der Waals surface area contributed by atoms with Crippen LogP contribution in [0.25, 0.3) is 0 Å². The van der Waals surface area contributed by atoms with Gasteiger partial charge in [0.15, 0.2) is 0 Å². The first kappa shape index (κ1) is 13.8. The number of rotatable bonds is 2. The van der Waals surface area contributed by atoms with Crippen LogP contribution >= 0.6 is 0 Å². The number of nitrogens with one attached hydrogen (secondary N) is 1. The average Bonchev–Trinajstić information content (AvgIpc) is 2.51. The third kappa shape index (κ3) is 3.67. The summed E-state index contributed by atoms with van der Waals surface area (Å²) in [5.74, 6) is 0.242.